The molecule has 182 valence electrons. The minimum atomic E-state index is -0.213. The van der Waals surface area contributed by atoms with Gasteiger partial charge in [-0.3, -0.25) is 20.4 Å². The molecule has 0 radical (unpaired) electrons. The summed E-state index contributed by atoms with van der Waals surface area (Å²) in [4.78, 5) is 29.3. The van der Waals surface area contributed by atoms with Crippen LogP contribution in [0.1, 0.15) is 22.0 Å². The number of anilines is 1. The second kappa shape index (κ2) is 11.3. The standard InChI is InChI=1S/C23H26N8O2S2/c1-13-9-14(2)27-22(26-13)29-21(28-20(32)12-34-23-31-30-15(3)35-23)24-8-7-16-11-25-19-6-5-17(33-4)10-18(16)19/h5-6,9-11,25H,7-8,12H2,1-4H3,(H2,24,26,27,28,29,32). The highest BCUT2D eigenvalue weighted by Crippen LogP contribution is 2.24. The number of aromatic amines is 1. The maximum Gasteiger partial charge on any atom is 0.237 e. The molecule has 0 aliphatic rings. The number of aryl methyl sites for hydroxylation is 3. The van der Waals surface area contributed by atoms with E-state index in [0.29, 0.717) is 24.9 Å². The van der Waals surface area contributed by atoms with Crippen LogP contribution >= 0.6 is 23.1 Å². The average molecular weight is 511 g/mol. The average Bonchev–Trinajstić information content (AvgIpc) is 3.42. The number of hydrogen-bond donors (Lipinski definition) is 3. The van der Waals surface area contributed by atoms with E-state index in [1.54, 1.807) is 7.11 Å². The van der Waals surface area contributed by atoms with Gasteiger partial charge in [0.25, 0.3) is 0 Å². The van der Waals surface area contributed by atoms with Gasteiger partial charge in [-0.15, -0.1) is 10.2 Å². The van der Waals surface area contributed by atoms with Crippen molar-refractivity contribution in [3.8, 4) is 5.75 Å². The van der Waals surface area contributed by atoms with Gasteiger partial charge >= 0.3 is 0 Å². The Morgan fingerprint density at radius 2 is 1.97 bits per heavy atom. The molecule has 0 aliphatic carbocycles. The molecule has 3 heterocycles. The van der Waals surface area contributed by atoms with Crippen molar-refractivity contribution in [1.29, 1.82) is 0 Å². The van der Waals surface area contributed by atoms with Crippen LogP contribution in [0.4, 0.5) is 5.95 Å². The fraction of sp³-hybridized carbons (Fsp3) is 0.304. The molecular weight excluding hydrogens is 484 g/mol. The third-order valence-corrected chi connectivity index (χ3v) is 6.90. The predicted octanol–water partition coefficient (Wildman–Crippen LogP) is 3.66. The van der Waals surface area contributed by atoms with Crippen molar-refractivity contribution in [2.24, 2.45) is 4.99 Å². The van der Waals surface area contributed by atoms with Crippen molar-refractivity contribution < 1.29 is 9.53 Å². The first-order valence-corrected chi connectivity index (χ1v) is 12.7. The summed E-state index contributed by atoms with van der Waals surface area (Å²) in [5.74, 6) is 1.45. The minimum Gasteiger partial charge on any atom is -0.497 e. The number of nitrogens with one attached hydrogen (secondary N) is 3. The molecule has 4 rings (SSSR count). The normalized spacial score (nSPS) is 11.6. The van der Waals surface area contributed by atoms with E-state index < -0.39 is 0 Å². The molecule has 0 unspecified atom stereocenters. The lowest BCUT2D eigenvalue weighted by molar-refractivity contribution is -0.117. The van der Waals surface area contributed by atoms with Crippen molar-refractivity contribution in [3.05, 3.63) is 52.4 Å². The smallest absolute Gasteiger partial charge is 0.237 e. The zero-order chi connectivity index (χ0) is 24.8. The number of nitrogens with zero attached hydrogens (tertiary/aromatic N) is 5. The van der Waals surface area contributed by atoms with Crippen LogP contribution in [-0.4, -0.2) is 56.4 Å². The number of guanidine groups is 1. The Hall–Kier alpha value is -3.51. The van der Waals surface area contributed by atoms with Gasteiger partial charge in [0.1, 0.15) is 10.8 Å². The number of carbonyl (C=O) groups is 1. The number of rotatable bonds is 8. The highest BCUT2D eigenvalue weighted by Gasteiger charge is 2.12. The summed E-state index contributed by atoms with van der Waals surface area (Å²) >= 11 is 2.79. The molecule has 10 nitrogen and oxygen atoms in total. The number of H-pyrrole nitrogens is 1. The number of thioether (sulfide) groups is 1. The van der Waals surface area contributed by atoms with Crippen LogP contribution in [0.25, 0.3) is 10.9 Å². The zero-order valence-electron chi connectivity index (χ0n) is 19.9. The Morgan fingerprint density at radius 1 is 1.17 bits per heavy atom. The molecule has 0 saturated carbocycles. The van der Waals surface area contributed by atoms with Crippen LogP contribution in [0, 0.1) is 20.8 Å². The van der Waals surface area contributed by atoms with Gasteiger partial charge in [0.15, 0.2) is 4.34 Å². The summed E-state index contributed by atoms with van der Waals surface area (Å²) in [5.41, 5.74) is 3.78. The number of benzene rings is 1. The van der Waals surface area contributed by atoms with Gasteiger partial charge in [-0.05, 0) is 57.0 Å². The van der Waals surface area contributed by atoms with E-state index in [2.05, 4.69) is 40.8 Å². The van der Waals surface area contributed by atoms with E-state index in [0.717, 1.165) is 43.0 Å². The first-order chi connectivity index (χ1) is 16.9. The Kier molecular flexibility index (Phi) is 7.93. The lowest BCUT2D eigenvalue weighted by Crippen LogP contribution is -2.38. The van der Waals surface area contributed by atoms with E-state index in [1.165, 1.54) is 23.1 Å². The van der Waals surface area contributed by atoms with Gasteiger partial charge in [0.2, 0.25) is 17.8 Å². The molecule has 0 fully saturated rings. The van der Waals surface area contributed by atoms with Gasteiger partial charge in [0.05, 0.1) is 12.9 Å². The highest BCUT2D eigenvalue weighted by molar-refractivity contribution is 8.01. The number of hydrogen-bond acceptors (Lipinski definition) is 9. The SMILES string of the molecule is COc1ccc2[nH]cc(CCN=C(NC(=O)CSc3nnc(C)s3)Nc3nc(C)cc(C)n3)c2c1. The molecule has 35 heavy (non-hydrogen) atoms. The monoisotopic (exact) mass is 510 g/mol. The van der Waals surface area contributed by atoms with E-state index in [-0.39, 0.29) is 11.7 Å². The number of aromatic nitrogens is 5. The number of fused-ring (bicyclic) bond motifs is 1. The van der Waals surface area contributed by atoms with Crippen LogP contribution in [0.2, 0.25) is 0 Å². The minimum absolute atomic E-state index is 0.186. The van der Waals surface area contributed by atoms with E-state index >= 15 is 0 Å². The summed E-state index contributed by atoms with van der Waals surface area (Å²) in [6, 6.07) is 7.79. The third kappa shape index (κ3) is 6.76. The van der Waals surface area contributed by atoms with Crippen LogP contribution in [0.15, 0.2) is 39.8 Å². The van der Waals surface area contributed by atoms with E-state index in [9.17, 15) is 4.79 Å². The molecule has 4 aromatic rings. The van der Waals surface area contributed by atoms with Crippen molar-refractivity contribution in [2.45, 2.75) is 31.5 Å². The van der Waals surface area contributed by atoms with Gasteiger partial charge < -0.3 is 9.72 Å². The number of ether oxygens (including phenoxy) is 1. The Bertz CT molecular complexity index is 1340. The number of amides is 1. The molecule has 3 N–H and O–H groups in total. The number of carbonyl (C=O) groups excluding carboxylic acids is 1. The summed E-state index contributed by atoms with van der Waals surface area (Å²) in [6.07, 6.45) is 2.64. The summed E-state index contributed by atoms with van der Waals surface area (Å²) in [7, 11) is 1.65. The van der Waals surface area contributed by atoms with Gasteiger partial charge in [-0.2, -0.15) is 0 Å². The van der Waals surface area contributed by atoms with Crippen LogP contribution in [0.5, 0.6) is 5.75 Å². The van der Waals surface area contributed by atoms with Crippen molar-refractivity contribution in [1.82, 2.24) is 30.5 Å². The van der Waals surface area contributed by atoms with Crippen molar-refractivity contribution in [3.63, 3.8) is 0 Å². The number of methoxy groups -OCH3 is 1. The number of aliphatic imine (C=N–C) groups is 1. The Morgan fingerprint density at radius 3 is 2.69 bits per heavy atom. The second-order valence-electron chi connectivity index (χ2n) is 7.73. The lowest BCUT2D eigenvalue weighted by Gasteiger charge is -2.11. The summed E-state index contributed by atoms with van der Waals surface area (Å²) in [6.45, 7) is 6.10. The summed E-state index contributed by atoms with van der Waals surface area (Å²) < 4.78 is 6.10. The van der Waals surface area contributed by atoms with E-state index in [4.69, 9.17) is 4.74 Å². The van der Waals surface area contributed by atoms with Crippen LogP contribution in [0.3, 0.4) is 0 Å². The molecule has 1 aromatic carbocycles. The largest absolute Gasteiger partial charge is 0.497 e. The van der Waals surface area contributed by atoms with Gasteiger partial charge in [0, 0.05) is 35.0 Å². The predicted molar refractivity (Wildman–Crippen MR) is 139 cm³/mol. The second-order valence-corrected chi connectivity index (χ2v) is 10.1. The molecular formula is C23H26N8O2S2. The fourth-order valence-electron chi connectivity index (χ4n) is 3.41. The fourth-order valence-corrected chi connectivity index (χ4v) is 5.03. The zero-order valence-corrected chi connectivity index (χ0v) is 21.5. The first kappa shape index (κ1) is 24.6. The molecule has 0 spiro atoms. The summed E-state index contributed by atoms with van der Waals surface area (Å²) in [5, 5.41) is 15.9. The Balaban J connectivity index is 1.47. The molecule has 0 saturated heterocycles. The lowest BCUT2D eigenvalue weighted by atomic mass is 10.1. The van der Waals surface area contributed by atoms with Gasteiger partial charge in [-0.1, -0.05) is 23.1 Å². The van der Waals surface area contributed by atoms with Gasteiger partial charge in [-0.25, -0.2) is 9.97 Å². The molecule has 0 aliphatic heterocycles. The molecule has 12 heteroatoms. The van der Waals surface area contributed by atoms with Crippen LogP contribution < -0.4 is 15.4 Å². The van der Waals surface area contributed by atoms with Crippen molar-refractivity contribution >= 4 is 51.8 Å². The Labute approximate surface area is 211 Å². The topological polar surface area (TPSA) is 130 Å². The van der Waals surface area contributed by atoms with Crippen LogP contribution in [-0.2, 0) is 11.2 Å². The molecule has 3 aromatic heterocycles. The van der Waals surface area contributed by atoms with E-state index in [1.807, 2.05) is 51.2 Å². The quantitative estimate of drug-likeness (QED) is 0.186. The highest BCUT2D eigenvalue weighted by atomic mass is 32.2. The van der Waals surface area contributed by atoms with Crippen molar-refractivity contribution in [2.75, 3.05) is 24.7 Å². The molecule has 0 atom stereocenters. The third-order valence-electron chi connectivity index (χ3n) is 4.93. The maximum atomic E-state index is 12.6. The maximum absolute atomic E-state index is 12.6. The molecule has 1 amide bonds. The molecule has 0 bridgehead atoms. The first-order valence-electron chi connectivity index (χ1n) is 10.9.